The highest BCUT2D eigenvalue weighted by Crippen LogP contribution is 2.17. The van der Waals surface area contributed by atoms with E-state index in [0.717, 1.165) is 4.47 Å². The molecule has 1 N–H and O–H groups in total. The van der Waals surface area contributed by atoms with Gasteiger partial charge in [-0.25, -0.2) is 0 Å². The molecule has 0 bridgehead atoms. The molecule has 0 amide bonds. The van der Waals surface area contributed by atoms with Gasteiger partial charge in [0, 0.05) is 16.6 Å². The molecule has 1 aromatic carbocycles. The third-order valence-corrected chi connectivity index (χ3v) is 3.21. The number of hydrogen-bond donors (Lipinski definition) is 1. The van der Waals surface area contributed by atoms with E-state index in [0.29, 0.717) is 13.0 Å². The number of carbonyl (C=O) groups excluding carboxylic acids is 1. The van der Waals surface area contributed by atoms with Crippen LogP contribution in [0.25, 0.3) is 0 Å². The second kappa shape index (κ2) is 7.54. The SMILES string of the molecule is CCOC(=O)CC(C)N[C@H](C)c1ccc(Br)cc1. The molecular weight excluding hydrogens is 294 g/mol. The van der Waals surface area contributed by atoms with Gasteiger partial charge < -0.3 is 10.1 Å². The van der Waals surface area contributed by atoms with E-state index in [1.807, 2.05) is 26.0 Å². The summed E-state index contributed by atoms with van der Waals surface area (Å²) in [6, 6.07) is 8.48. The standard InChI is InChI=1S/C14H20BrNO2/c1-4-18-14(17)9-10(2)16-11(3)12-5-7-13(15)8-6-12/h5-8,10-11,16H,4,9H2,1-3H3/t10?,11-/m1/s1. The van der Waals surface area contributed by atoms with Gasteiger partial charge in [0.15, 0.2) is 0 Å². The molecule has 0 aliphatic rings. The molecular formula is C14H20BrNO2. The van der Waals surface area contributed by atoms with Crippen LogP contribution >= 0.6 is 15.9 Å². The Labute approximate surface area is 117 Å². The Morgan fingerprint density at radius 1 is 1.33 bits per heavy atom. The molecule has 1 unspecified atom stereocenters. The smallest absolute Gasteiger partial charge is 0.307 e. The summed E-state index contributed by atoms with van der Waals surface area (Å²) in [5, 5.41) is 3.39. The van der Waals surface area contributed by atoms with Gasteiger partial charge in [0.1, 0.15) is 0 Å². The summed E-state index contributed by atoms with van der Waals surface area (Å²) in [5.41, 5.74) is 1.20. The topological polar surface area (TPSA) is 38.3 Å². The van der Waals surface area contributed by atoms with Crippen LogP contribution in [0, 0.1) is 0 Å². The summed E-state index contributed by atoms with van der Waals surface area (Å²) in [4.78, 5) is 11.3. The Morgan fingerprint density at radius 3 is 2.50 bits per heavy atom. The van der Waals surface area contributed by atoms with Crippen molar-refractivity contribution in [3.8, 4) is 0 Å². The van der Waals surface area contributed by atoms with Gasteiger partial charge in [0.2, 0.25) is 0 Å². The fourth-order valence-corrected chi connectivity index (χ4v) is 2.07. The summed E-state index contributed by atoms with van der Waals surface area (Å²) < 4.78 is 6.00. The molecule has 1 aromatic rings. The monoisotopic (exact) mass is 313 g/mol. The Morgan fingerprint density at radius 2 is 1.94 bits per heavy atom. The van der Waals surface area contributed by atoms with Gasteiger partial charge in [-0.15, -0.1) is 0 Å². The molecule has 100 valence electrons. The highest BCUT2D eigenvalue weighted by molar-refractivity contribution is 9.10. The number of benzene rings is 1. The number of halogens is 1. The van der Waals surface area contributed by atoms with E-state index in [2.05, 4.69) is 40.3 Å². The predicted octanol–water partition coefficient (Wildman–Crippen LogP) is 3.44. The third-order valence-electron chi connectivity index (χ3n) is 2.68. The van der Waals surface area contributed by atoms with Gasteiger partial charge in [0.25, 0.3) is 0 Å². The van der Waals surface area contributed by atoms with Crippen molar-refractivity contribution in [3.05, 3.63) is 34.3 Å². The molecule has 0 saturated carbocycles. The first-order chi connectivity index (χ1) is 8.52. The fourth-order valence-electron chi connectivity index (χ4n) is 1.80. The van der Waals surface area contributed by atoms with Crippen molar-refractivity contribution in [1.82, 2.24) is 5.32 Å². The van der Waals surface area contributed by atoms with E-state index < -0.39 is 0 Å². The van der Waals surface area contributed by atoms with Crippen LogP contribution in [0.5, 0.6) is 0 Å². The largest absolute Gasteiger partial charge is 0.466 e. The summed E-state index contributed by atoms with van der Waals surface area (Å²) in [6.45, 7) is 6.34. The summed E-state index contributed by atoms with van der Waals surface area (Å²) >= 11 is 3.41. The van der Waals surface area contributed by atoms with E-state index in [9.17, 15) is 4.79 Å². The third kappa shape index (κ3) is 5.19. The summed E-state index contributed by atoms with van der Waals surface area (Å²) in [6.07, 6.45) is 0.398. The number of nitrogens with one attached hydrogen (secondary N) is 1. The zero-order chi connectivity index (χ0) is 13.5. The van der Waals surface area contributed by atoms with Gasteiger partial charge >= 0.3 is 5.97 Å². The van der Waals surface area contributed by atoms with Crippen molar-refractivity contribution in [2.24, 2.45) is 0 Å². The van der Waals surface area contributed by atoms with Crippen LogP contribution in [-0.4, -0.2) is 18.6 Å². The van der Waals surface area contributed by atoms with Gasteiger partial charge in [-0.3, -0.25) is 4.79 Å². The van der Waals surface area contributed by atoms with Gasteiger partial charge in [0.05, 0.1) is 13.0 Å². The minimum Gasteiger partial charge on any atom is -0.466 e. The lowest BCUT2D eigenvalue weighted by atomic mass is 10.1. The van der Waals surface area contributed by atoms with Gasteiger partial charge in [-0.1, -0.05) is 28.1 Å². The Balaban J connectivity index is 2.46. The zero-order valence-corrected chi connectivity index (χ0v) is 12.7. The van der Waals surface area contributed by atoms with Crippen molar-refractivity contribution in [2.75, 3.05) is 6.61 Å². The molecule has 0 radical (unpaired) electrons. The molecule has 0 heterocycles. The number of hydrogen-bond acceptors (Lipinski definition) is 3. The maximum atomic E-state index is 11.3. The maximum absolute atomic E-state index is 11.3. The minimum atomic E-state index is -0.152. The molecule has 18 heavy (non-hydrogen) atoms. The quantitative estimate of drug-likeness (QED) is 0.818. The second-order valence-corrected chi connectivity index (χ2v) is 5.27. The molecule has 4 heteroatoms. The molecule has 1 rings (SSSR count). The van der Waals surface area contributed by atoms with Crippen molar-refractivity contribution in [2.45, 2.75) is 39.3 Å². The highest BCUT2D eigenvalue weighted by atomic mass is 79.9. The number of ether oxygens (including phenoxy) is 1. The van der Waals surface area contributed by atoms with Gasteiger partial charge in [-0.2, -0.15) is 0 Å². The Bertz CT molecular complexity index is 378. The molecule has 2 atom stereocenters. The van der Waals surface area contributed by atoms with Crippen molar-refractivity contribution >= 4 is 21.9 Å². The summed E-state index contributed by atoms with van der Waals surface area (Å²) in [7, 11) is 0. The molecule has 0 aromatic heterocycles. The lowest BCUT2D eigenvalue weighted by Crippen LogP contribution is -2.31. The van der Waals surface area contributed by atoms with Crippen LogP contribution in [0.4, 0.5) is 0 Å². The van der Waals surface area contributed by atoms with Crippen LogP contribution < -0.4 is 5.32 Å². The predicted molar refractivity (Wildman–Crippen MR) is 76.4 cm³/mol. The number of rotatable bonds is 6. The zero-order valence-electron chi connectivity index (χ0n) is 11.1. The van der Waals surface area contributed by atoms with E-state index >= 15 is 0 Å². The lowest BCUT2D eigenvalue weighted by Gasteiger charge is -2.19. The molecule has 0 aliphatic heterocycles. The van der Waals surface area contributed by atoms with Crippen molar-refractivity contribution in [3.63, 3.8) is 0 Å². The number of carbonyl (C=O) groups is 1. The molecule has 0 aliphatic carbocycles. The Hall–Kier alpha value is -0.870. The maximum Gasteiger partial charge on any atom is 0.307 e. The van der Waals surface area contributed by atoms with Gasteiger partial charge in [-0.05, 0) is 38.5 Å². The molecule has 0 saturated heterocycles. The average Bonchev–Trinajstić information content (AvgIpc) is 2.29. The highest BCUT2D eigenvalue weighted by Gasteiger charge is 2.13. The lowest BCUT2D eigenvalue weighted by molar-refractivity contribution is -0.143. The first kappa shape index (κ1) is 15.2. The van der Waals surface area contributed by atoms with E-state index in [1.54, 1.807) is 0 Å². The second-order valence-electron chi connectivity index (χ2n) is 4.35. The number of esters is 1. The normalized spacial score (nSPS) is 14.0. The van der Waals surface area contributed by atoms with E-state index in [4.69, 9.17) is 4.74 Å². The van der Waals surface area contributed by atoms with E-state index in [-0.39, 0.29) is 18.1 Å². The molecule has 0 spiro atoms. The van der Waals surface area contributed by atoms with Crippen LogP contribution in [0.15, 0.2) is 28.7 Å². The fraction of sp³-hybridized carbons (Fsp3) is 0.500. The Kier molecular flexibility index (Phi) is 6.36. The van der Waals surface area contributed by atoms with Crippen molar-refractivity contribution < 1.29 is 9.53 Å². The average molecular weight is 314 g/mol. The van der Waals surface area contributed by atoms with Crippen LogP contribution in [0.1, 0.15) is 38.8 Å². The molecule has 3 nitrogen and oxygen atoms in total. The van der Waals surface area contributed by atoms with Crippen LogP contribution in [-0.2, 0) is 9.53 Å². The van der Waals surface area contributed by atoms with Crippen LogP contribution in [0.2, 0.25) is 0 Å². The van der Waals surface area contributed by atoms with Crippen LogP contribution in [0.3, 0.4) is 0 Å². The van der Waals surface area contributed by atoms with E-state index in [1.165, 1.54) is 5.56 Å². The first-order valence-electron chi connectivity index (χ1n) is 6.20. The molecule has 0 fully saturated rings. The van der Waals surface area contributed by atoms with Crippen molar-refractivity contribution in [1.29, 1.82) is 0 Å². The first-order valence-corrected chi connectivity index (χ1v) is 6.99. The summed E-state index contributed by atoms with van der Waals surface area (Å²) in [5.74, 6) is -0.152. The minimum absolute atomic E-state index is 0.0997.